The molecule has 0 saturated heterocycles. The van der Waals surface area contributed by atoms with Crippen LogP contribution in [0.1, 0.15) is 45.9 Å². The number of nitrogens with zero attached hydrogens (tertiary/aromatic N) is 1. The molecular formula is C19H22N2O3S2. The van der Waals surface area contributed by atoms with Crippen molar-refractivity contribution >= 4 is 32.8 Å². The zero-order chi connectivity index (χ0) is 18.9. The first-order valence-corrected chi connectivity index (χ1v) is 11.2. The largest absolute Gasteiger partial charge is 0.281 e. The second-order valence-corrected chi connectivity index (χ2v) is 9.99. The summed E-state index contributed by atoms with van der Waals surface area (Å²) in [5, 5.41) is 4.16. The molecule has 1 aliphatic carbocycles. The molecule has 0 saturated carbocycles. The molecule has 1 heterocycles. The van der Waals surface area contributed by atoms with Gasteiger partial charge < -0.3 is 0 Å². The number of nitrogens with one attached hydrogen (secondary N) is 1. The highest BCUT2D eigenvalue weighted by Crippen LogP contribution is 2.32. The number of aryl methyl sites for hydroxylation is 1. The zero-order valence-corrected chi connectivity index (χ0v) is 16.7. The SMILES string of the molecule is C/C(=N/NC(=O)c1cc2c(s1)CC[C@@H](C)C2)c1ccc(S(C)(=O)=O)cc1. The molecule has 0 bridgehead atoms. The lowest BCUT2D eigenvalue weighted by molar-refractivity contribution is 0.0959. The number of fused-ring (bicyclic) bond motifs is 1. The second kappa shape index (κ2) is 7.32. The molecule has 5 nitrogen and oxygen atoms in total. The van der Waals surface area contributed by atoms with Crippen molar-refractivity contribution in [1.82, 2.24) is 5.43 Å². The van der Waals surface area contributed by atoms with Crippen LogP contribution < -0.4 is 5.43 Å². The smallest absolute Gasteiger partial charge is 0.266 e. The van der Waals surface area contributed by atoms with Gasteiger partial charge in [0.2, 0.25) is 0 Å². The lowest BCUT2D eigenvalue weighted by atomic mass is 9.90. The molecule has 1 amide bonds. The van der Waals surface area contributed by atoms with Gasteiger partial charge in [-0.2, -0.15) is 5.10 Å². The van der Waals surface area contributed by atoms with Crippen molar-refractivity contribution in [2.45, 2.75) is 38.0 Å². The Bertz CT molecular complexity index is 957. The lowest BCUT2D eigenvalue weighted by Gasteiger charge is -2.16. The van der Waals surface area contributed by atoms with Crippen LogP contribution in [0, 0.1) is 5.92 Å². The fraction of sp³-hybridized carbons (Fsp3) is 0.368. The van der Waals surface area contributed by atoms with Gasteiger partial charge >= 0.3 is 0 Å². The fourth-order valence-electron chi connectivity index (χ4n) is 3.02. The van der Waals surface area contributed by atoms with Gasteiger partial charge in [-0.1, -0.05) is 19.1 Å². The summed E-state index contributed by atoms with van der Waals surface area (Å²) in [7, 11) is -3.22. The molecule has 26 heavy (non-hydrogen) atoms. The van der Waals surface area contributed by atoms with Gasteiger partial charge in [0.05, 0.1) is 15.5 Å². The molecule has 0 radical (unpaired) electrons. The Morgan fingerprint density at radius 3 is 2.62 bits per heavy atom. The van der Waals surface area contributed by atoms with Gasteiger partial charge in [0.15, 0.2) is 9.84 Å². The Morgan fingerprint density at radius 1 is 1.27 bits per heavy atom. The molecule has 0 aliphatic heterocycles. The number of rotatable bonds is 4. The van der Waals surface area contributed by atoms with Crippen LogP contribution in [-0.4, -0.2) is 26.3 Å². The van der Waals surface area contributed by atoms with Crippen molar-refractivity contribution in [3.05, 3.63) is 51.2 Å². The number of hydrogen-bond acceptors (Lipinski definition) is 5. The van der Waals surface area contributed by atoms with E-state index in [-0.39, 0.29) is 10.8 Å². The molecule has 7 heteroatoms. The van der Waals surface area contributed by atoms with E-state index in [1.165, 1.54) is 23.1 Å². The second-order valence-electron chi connectivity index (χ2n) is 6.84. The minimum absolute atomic E-state index is 0.204. The summed E-state index contributed by atoms with van der Waals surface area (Å²) < 4.78 is 23.0. The zero-order valence-electron chi connectivity index (χ0n) is 15.1. The maximum atomic E-state index is 12.4. The summed E-state index contributed by atoms with van der Waals surface area (Å²) in [4.78, 5) is 14.6. The van der Waals surface area contributed by atoms with Crippen LogP contribution in [0.25, 0.3) is 0 Å². The van der Waals surface area contributed by atoms with Crippen LogP contribution in [0.4, 0.5) is 0 Å². The minimum Gasteiger partial charge on any atom is -0.266 e. The number of sulfone groups is 1. The van der Waals surface area contributed by atoms with Gasteiger partial charge in [-0.25, -0.2) is 13.8 Å². The van der Waals surface area contributed by atoms with Gasteiger partial charge in [0.1, 0.15) is 0 Å². The van der Waals surface area contributed by atoms with Crippen LogP contribution in [0.15, 0.2) is 40.3 Å². The van der Waals surface area contributed by atoms with E-state index < -0.39 is 9.84 Å². The molecule has 1 aliphatic rings. The summed E-state index contributed by atoms with van der Waals surface area (Å²) in [6, 6.07) is 8.44. The third-order valence-electron chi connectivity index (χ3n) is 4.58. The van der Waals surface area contributed by atoms with Crippen LogP contribution in [0.5, 0.6) is 0 Å². The average Bonchev–Trinajstić information content (AvgIpc) is 3.02. The van der Waals surface area contributed by atoms with Gasteiger partial charge in [-0.15, -0.1) is 11.3 Å². The van der Waals surface area contributed by atoms with E-state index in [1.807, 2.05) is 6.07 Å². The molecule has 0 spiro atoms. The van der Waals surface area contributed by atoms with Crippen molar-refractivity contribution in [3.8, 4) is 0 Å². The van der Waals surface area contributed by atoms with Gasteiger partial charge in [0, 0.05) is 11.1 Å². The van der Waals surface area contributed by atoms with Crippen molar-refractivity contribution in [2.75, 3.05) is 6.26 Å². The van der Waals surface area contributed by atoms with E-state index in [1.54, 1.807) is 42.5 Å². The molecule has 3 rings (SSSR count). The summed E-state index contributed by atoms with van der Waals surface area (Å²) >= 11 is 1.55. The number of carbonyl (C=O) groups is 1. The minimum atomic E-state index is -3.22. The summed E-state index contributed by atoms with van der Waals surface area (Å²) in [6.45, 7) is 4.01. The van der Waals surface area contributed by atoms with E-state index in [0.717, 1.165) is 18.4 Å². The topological polar surface area (TPSA) is 75.6 Å². The van der Waals surface area contributed by atoms with Crippen molar-refractivity contribution in [2.24, 2.45) is 11.0 Å². The lowest BCUT2D eigenvalue weighted by Crippen LogP contribution is -2.18. The molecule has 138 valence electrons. The first kappa shape index (κ1) is 18.8. The van der Waals surface area contributed by atoms with Crippen molar-refractivity contribution < 1.29 is 13.2 Å². The first-order valence-electron chi connectivity index (χ1n) is 8.50. The average molecular weight is 391 g/mol. The summed E-state index contributed by atoms with van der Waals surface area (Å²) in [6.07, 6.45) is 4.43. The maximum Gasteiger partial charge on any atom is 0.281 e. The van der Waals surface area contributed by atoms with Crippen molar-refractivity contribution in [3.63, 3.8) is 0 Å². The predicted molar refractivity (Wildman–Crippen MR) is 105 cm³/mol. The summed E-state index contributed by atoms with van der Waals surface area (Å²) in [5.74, 6) is 0.465. The van der Waals surface area contributed by atoms with Crippen molar-refractivity contribution in [1.29, 1.82) is 0 Å². The highest BCUT2D eigenvalue weighted by Gasteiger charge is 2.20. The number of hydrazone groups is 1. The van der Waals surface area contributed by atoms with Crippen LogP contribution in [0.2, 0.25) is 0 Å². The Kier molecular flexibility index (Phi) is 5.29. The number of thiophene rings is 1. The Balaban J connectivity index is 1.70. The maximum absolute atomic E-state index is 12.4. The van der Waals surface area contributed by atoms with E-state index in [2.05, 4.69) is 17.5 Å². The van der Waals surface area contributed by atoms with Gasteiger partial charge in [-0.05, 0) is 61.4 Å². The van der Waals surface area contributed by atoms with E-state index in [4.69, 9.17) is 0 Å². The molecule has 1 aromatic heterocycles. The highest BCUT2D eigenvalue weighted by molar-refractivity contribution is 7.90. The Hall–Kier alpha value is -1.99. The molecule has 1 aromatic carbocycles. The molecule has 1 atom stereocenters. The highest BCUT2D eigenvalue weighted by atomic mass is 32.2. The van der Waals surface area contributed by atoms with Crippen LogP contribution in [-0.2, 0) is 22.7 Å². The third kappa shape index (κ3) is 4.22. The third-order valence-corrected chi connectivity index (χ3v) is 6.94. The van der Waals surface area contributed by atoms with Crippen LogP contribution >= 0.6 is 11.3 Å². The van der Waals surface area contributed by atoms with Gasteiger partial charge in [-0.3, -0.25) is 4.79 Å². The molecule has 0 fully saturated rings. The number of hydrogen-bond donors (Lipinski definition) is 1. The standard InChI is InChI=1S/C19H22N2O3S2/c1-12-4-9-17-15(10-12)11-18(25-17)19(22)21-20-13(2)14-5-7-16(8-6-14)26(3,23)24/h5-8,11-12H,4,9-10H2,1-3H3,(H,21,22)/b20-13-/t12-/m1/s1. The molecular weight excluding hydrogens is 368 g/mol. The number of amides is 1. The first-order chi connectivity index (χ1) is 12.2. The van der Waals surface area contributed by atoms with E-state index in [0.29, 0.717) is 16.5 Å². The molecule has 0 unspecified atom stereocenters. The predicted octanol–water partition coefficient (Wildman–Crippen LogP) is 3.43. The monoisotopic (exact) mass is 390 g/mol. The Morgan fingerprint density at radius 2 is 1.96 bits per heavy atom. The number of carbonyl (C=O) groups excluding carboxylic acids is 1. The quantitative estimate of drug-likeness (QED) is 0.642. The molecule has 1 N–H and O–H groups in total. The van der Waals surface area contributed by atoms with E-state index >= 15 is 0 Å². The number of benzene rings is 1. The molecule has 2 aromatic rings. The fourth-order valence-corrected chi connectivity index (χ4v) is 4.74. The summed E-state index contributed by atoms with van der Waals surface area (Å²) in [5.41, 5.74) is 5.27. The van der Waals surface area contributed by atoms with Gasteiger partial charge in [0.25, 0.3) is 5.91 Å². The van der Waals surface area contributed by atoms with E-state index in [9.17, 15) is 13.2 Å². The normalized spacial score (nSPS) is 17.7. The Labute approximate surface area is 158 Å². The van der Waals surface area contributed by atoms with Crippen LogP contribution in [0.3, 0.4) is 0 Å².